The standard InChI is InChI=1S/C12H14F5N3O2/c1-20(2)5-3-4-10(21)18-7-8-6-9(22-19-8)11(13,14)12(15,16)17/h3-4,6H,5,7H2,1-2H3,(H,18,21)/b4-3+. The highest BCUT2D eigenvalue weighted by Crippen LogP contribution is 2.43. The molecule has 1 aromatic heterocycles. The van der Waals surface area contributed by atoms with Gasteiger partial charge in [-0.05, 0) is 14.1 Å². The second-order valence-corrected chi connectivity index (χ2v) is 4.64. The van der Waals surface area contributed by atoms with E-state index in [9.17, 15) is 26.7 Å². The van der Waals surface area contributed by atoms with Gasteiger partial charge in [-0.2, -0.15) is 22.0 Å². The molecule has 0 unspecified atom stereocenters. The number of carbonyl (C=O) groups excluding carboxylic acids is 1. The van der Waals surface area contributed by atoms with Crippen LogP contribution in [0.2, 0.25) is 0 Å². The number of nitrogens with one attached hydrogen (secondary N) is 1. The van der Waals surface area contributed by atoms with Crippen LogP contribution in [0.1, 0.15) is 11.5 Å². The van der Waals surface area contributed by atoms with Gasteiger partial charge < -0.3 is 14.7 Å². The molecule has 0 spiro atoms. The minimum absolute atomic E-state index is 0.242. The average Bonchev–Trinajstić information content (AvgIpc) is 2.83. The summed E-state index contributed by atoms with van der Waals surface area (Å²) in [5.74, 6) is -7.28. The van der Waals surface area contributed by atoms with Gasteiger partial charge in [0, 0.05) is 18.7 Å². The first-order valence-corrected chi connectivity index (χ1v) is 6.03. The Kier molecular flexibility index (Phi) is 5.64. The number of nitrogens with zero attached hydrogens (tertiary/aromatic N) is 2. The number of likely N-dealkylation sites (N-methyl/N-ethyl adjacent to an activating group) is 1. The van der Waals surface area contributed by atoms with Crippen molar-refractivity contribution in [1.82, 2.24) is 15.4 Å². The van der Waals surface area contributed by atoms with Crippen molar-refractivity contribution in [3.63, 3.8) is 0 Å². The van der Waals surface area contributed by atoms with Crippen LogP contribution in [0.15, 0.2) is 22.7 Å². The minimum Gasteiger partial charge on any atom is -0.354 e. The quantitative estimate of drug-likeness (QED) is 0.642. The molecule has 0 fully saturated rings. The summed E-state index contributed by atoms with van der Waals surface area (Å²) in [5, 5.41) is 5.36. The molecule has 1 heterocycles. The van der Waals surface area contributed by atoms with Crippen LogP contribution < -0.4 is 5.32 Å². The summed E-state index contributed by atoms with van der Waals surface area (Å²) in [7, 11) is 3.58. The molecule has 1 amide bonds. The minimum atomic E-state index is -5.78. The zero-order valence-electron chi connectivity index (χ0n) is 11.7. The van der Waals surface area contributed by atoms with Gasteiger partial charge in [0.05, 0.1) is 6.54 Å². The number of aromatic nitrogens is 1. The Bertz CT molecular complexity index is 537. The van der Waals surface area contributed by atoms with E-state index in [1.807, 2.05) is 0 Å². The normalized spacial score (nSPS) is 13.1. The number of halogens is 5. The van der Waals surface area contributed by atoms with Crippen molar-refractivity contribution in [2.75, 3.05) is 20.6 Å². The van der Waals surface area contributed by atoms with Crippen LogP contribution in [0.25, 0.3) is 0 Å². The highest BCUT2D eigenvalue weighted by molar-refractivity contribution is 5.87. The van der Waals surface area contributed by atoms with Crippen LogP contribution in [-0.4, -0.2) is 42.8 Å². The van der Waals surface area contributed by atoms with Crippen LogP contribution in [0.3, 0.4) is 0 Å². The third kappa shape index (κ3) is 4.79. The van der Waals surface area contributed by atoms with Crippen LogP contribution in [0, 0.1) is 0 Å². The van der Waals surface area contributed by atoms with Crippen LogP contribution in [0.5, 0.6) is 0 Å². The van der Waals surface area contributed by atoms with Crippen LogP contribution in [0.4, 0.5) is 22.0 Å². The number of hydrogen-bond donors (Lipinski definition) is 1. The first-order valence-electron chi connectivity index (χ1n) is 6.03. The van der Waals surface area contributed by atoms with Crippen LogP contribution in [-0.2, 0) is 17.3 Å². The smallest absolute Gasteiger partial charge is 0.354 e. The molecule has 10 heteroatoms. The molecule has 1 rings (SSSR count). The maximum atomic E-state index is 13.0. The molecule has 1 aromatic rings. The van der Waals surface area contributed by atoms with E-state index in [1.54, 1.807) is 25.1 Å². The number of carbonyl (C=O) groups is 1. The van der Waals surface area contributed by atoms with Gasteiger partial charge in [-0.3, -0.25) is 4.79 Å². The zero-order valence-corrected chi connectivity index (χ0v) is 11.7. The van der Waals surface area contributed by atoms with Gasteiger partial charge >= 0.3 is 12.1 Å². The van der Waals surface area contributed by atoms with E-state index in [4.69, 9.17) is 0 Å². The van der Waals surface area contributed by atoms with Crippen LogP contribution >= 0.6 is 0 Å². The molecule has 0 bridgehead atoms. The van der Waals surface area contributed by atoms with E-state index < -0.39 is 23.8 Å². The van der Waals surface area contributed by atoms with E-state index in [0.717, 1.165) is 0 Å². The second kappa shape index (κ2) is 6.86. The van der Waals surface area contributed by atoms with Crippen molar-refractivity contribution in [3.8, 4) is 0 Å². The lowest BCUT2D eigenvalue weighted by atomic mass is 10.2. The molecule has 0 saturated carbocycles. The van der Waals surface area contributed by atoms with Crippen molar-refractivity contribution in [1.29, 1.82) is 0 Å². The van der Waals surface area contributed by atoms with Gasteiger partial charge in [-0.1, -0.05) is 11.2 Å². The topological polar surface area (TPSA) is 58.4 Å². The Morgan fingerprint density at radius 3 is 2.55 bits per heavy atom. The molecule has 1 N–H and O–H groups in total. The lowest BCUT2D eigenvalue weighted by molar-refractivity contribution is -0.296. The molecule has 22 heavy (non-hydrogen) atoms. The van der Waals surface area contributed by atoms with Crippen molar-refractivity contribution in [2.45, 2.75) is 18.6 Å². The predicted octanol–water partition coefficient (Wildman–Crippen LogP) is 2.06. The van der Waals surface area contributed by atoms with Gasteiger partial charge in [0.15, 0.2) is 0 Å². The molecule has 5 nitrogen and oxygen atoms in total. The fourth-order valence-electron chi connectivity index (χ4n) is 1.29. The fraction of sp³-hybridized carbons (Fsp3) is 0.500. The van der Waals surface area contributed by atoms with Gasteiger partial charge in [0.2, 0.25) is 11.7 Å². The molecule has 0 aliphatic heterocycles. The molecule has 124 valence electrons. The largest absolute Gasteiger partial charge is 0.461 e. The molecular formula is C12H14F5N3O2. The van der Waals surface area contributed by atoms with Gasteiger partial charge in [0.25, 0.3) is 0 Å². The SMILES string of the molecule is CN(C)C/C=C/C(=O)NCc1cc(C(F)(F)C(F)(F)F)on1. The predicted molar refractivity (Wildman–Crippen MR) is 66.0 cm³/mol. The maximum absolute atomic E-state index is 13.0. The number of alkyl halides is 5. The molecule has 0 atom stereocenters. The van der Waals surface area contributed by atoms with Gasteiger partial charge in [-0.25, -0.2) is 0 Å². The summed E-state index contributed by atoms with van der Waals surface area (Å²) < 4.78 is 66.3. The molecule has 0 radical (unpaired) electrons. The highest BCUT2D eigenvalue weighted by Gasteiger charge is 2.61. The number of hydrogen-bond acceptors (Lipinski definition) is 4. The second-order valence-electron chi connectivity index (χ2n) is 4.64. The van der Waals surface area contributed by atoms with Gasteiger partial charge in [0.1, 0.15) is 5.69 Å². The van der Waals surface area contributed by atoms with Gasteiger partial charge in [-0.15, -0.1) is 0 Å². The van der Waals surface area contributed by atoms with E-state index in [0.29, 0.717) is 12.6 Å². The summed E-state index contributed by atoms with van der Waals surface area (Å²) in [5.41, 5.74) is -0.242. The lowest BCUT2D eigenvalue weighted by Crippen LogP contribution is -2.33. The van der Waals surface area contributed by atoms with E-state index in [-0.39, 0.29) is 12.2 Å². The van der Waals surface area contributed by atoms with Crippen molar-refractivity contribution < 1.29 is 31.3 Å². The molecule has 0 aliphatic carbocycles. The Morgan fingerprint density at radius 2 is 2.00 bits per heavy atom. The summed E-state index contributed by atoms with van der Waals surface area (Å²) >= 11 is 0. The monoisotopic (exact) mass is 327 g/mol. The van der Waals surface area contributed by atoms with E-state index in [1.165, 1.54) is 6.08 Å². The Balaban J connectivity index is 2.60. The Labute approximate surface area is 122 Å². The summed E-state index contributed by atoms with van der Waals surface area (Å²) in [6, 6.07) is 0.456. The third-order valence-corrected chi connectivity index (χ3v) is 2.41. The molecular weight excluding hydrogens is 313 g/mol. The Morgan fingerprint density at radius 1 is 1.36 bits per heavy atom. The van der Waals surface area contributed by atoms with Crippen molar-refractivity contribution in [3.05, 3.63) is 29.7 Å². The summed E-state index contributed by atoms with van der Waals surface area (Å²) in [4.78, 5) is 13.2. The van der Waals surface area contributed by atoms with Crippen molar-refractivity contribution in [2.24, 2.45) is 0 Å². The maximum Gasteiger partial charge on any atom is 0.461 e. The first kappa shape index (κ1) is 18.1. The number of amides is 1. The molecule has 0 saturated heterocycles. The summed E-state index contributed by atoms with van der Waals surface area (Å²) in [6.45, 7) is 0.182. The van der Waals surface area contributed by atoms with Crippen molar-refractivity contribution >= 4 is 5.91 Å². The Hall–Kier alpha value is -1.97. The lowest BCUT2D eigenvalue weighted by Gasteiger charge is -2.15. The van der Waals surface area contributed by atoms with E-state index >= 15 is 0 Å². The number of rotatable bonds is 6. The summed E-state index contributed by atoms with van der Waals surface area (Å²) in [6.07, 6.45) is -3.01. The molecule has 0 aliphatic rings. The van der Waals surface area contributed by atoms with E-state index in [2.05, 4.69) is 15.0 Å². The zero-order chi connectivity index (χ0) is 17.0. The molecule has 0 aromatic carbocycles. The third-order valence-electron chi connectivity index (χ3n) is 2.41. The average molecular weight is 327 g/mol. The first-order chi connectivity index (χ1) is 10.0. The fourth-order valence-corrected chi connectivity index (χ4v) is 1.29. The highest BCUT2D eigenvalue weighted by atomic mass is 19.4.